The summed E-state index contributed by atoms with van der Waals surface area (Å²) in [6, 6.07) is 0.666. The van der Waals surface area contributed by atoms with Gasteiger partial charge in [0.1, 0.15) is 0 Å². The molecule has 1 rings (SSSR count). The van der Waals surface area contributed by atoms with Crippen LogP contribution in [0.15, 0.2) is 0 Å². The molecule has 2 nitrogen and oxygen atoms in total. The predicted octanol–water partition coefficient (Wildman–Crippen LogP) is 4.00. The van der Waals surface area contributed by atoms with Crippen molar-refractivity contribution in [3.8, 4) is 0 Å². The SMILES string of the molecule is CCCNC(CC(C)CCC)C1CCOC1CC. The first-order valence-corrected chi connectivity index (χ1v) is 8.07. The summed E-state index contributed by atoms with van der Waals surface area (Å²) in [6.07, 6.45) is 8.11. The summed E-state index contributed by atoms with van der Waals surface area (Å²) in [5, 5.41) is 3.78. The largest absolute Gasteiger partial charge is 0.378 e. The first-order valence-electron chi connectivity index (χ1n) is 8.07. The quantitative estimate of drug-likeness (QED) is 0.672. The van der Waals surface area contributed by atoms with Crippen molar-refractivity contribution < 1.29 is 4.74 Å². The molecule has 1 saturated heterocycles. The monoisotopic (exact) mass is 255 g/mol. The third-order valence-corrected chi connectivity index (χ3v) is 4.27. The number of rotatable bonds is 9. The van der Waals surface area contributed by atoms with Crippen molar-refractivity contribution in [2.24, 2.45) is 11.8 Å². The molecule has 0 aliphatic carbocycles. The van der Waals surface area contributed by atoms with Gasteiger partial charge in [-0.25, -0.2) is 0 Å². The summed E-state index contributed by atoms with van der Waals surface area (Å²) in [6.45, 7) is 11.3. The van der Waals surface area contributed by atoms with Crippen LogP contribution in [0.3, 0.4) is 0 Å². The van der Waals surface area contributed by atoms with Crippen LogP contribution in [-0.2, 0) is 4.74 Å². The van der Waals surface area contributed by atoms with E-state index in [4.69, 9.17) is 4.74 Å². The molecular formula is C16H33NO. The summed E-state index contributed by atoms with van der Waals surface area (Å²) in [5.41, 5.74) is 0. The molecule has 1 fully saturated rings. The molecule has 0 aromatic heterocycles. The molecule has 0 aromatic carbocycles. The Balaban J connectivity index is 2.53. The van der Waals surface area contributed by atoms with Gasteiger partial charge in [-0.15, -0.1) is 0 Å². The molecular weight excluding hydrogens is 222 g/mol. The summed E-state index contributed by atoms with van der Waals surface area (Å²) in [4.78, 5) is 0. The molecule has 4 unspecified atom stereocenters. The van der Waals surface area contributed by atoms with Gasteiger partial charge in [0.2, 0.25) is 0 Å². The van der Waals surface area contributed by atoms with Crippen LogP contribution in [0.25, 0.3) is 0 Å². The third kappa shape index (κ3) is 4.89. The lowest BCUT2D eigenvalue weighted by Crippen LogP contribution is -2.41. The van der Waals surface area contributed by atoms with Crippen molar-refractivity contribution in [2.75, 3.05) is 13.2 Å². The van der Waals surface area contributed by atoms with Gasteiger partial charge in [0.05, 0.1) is 6.10 Å². The summed E-state index contributed by atoms with van der Waals surface area (Å²) < 4.78 is 5.88. The molecule has 0 saturated carbocycles. The van der Waals surface area contributed by atoms with Crippen LogP contribution in [0.5, 0.6) is 0 Å². The minimum Gasteiger partial charge on any atom is -0.378 e. The van der Waals surface area contributed by atoms with Gasteiger partial charge in [-0.2, -0.15) is 0 Å². The maximum Gasteiger partial charge on any atom is 0.0616 e. The van der Waals surface area contributed by atoms with E-state index in [2.05, 4.69) is 33.0 Å². The Hall–Kier alpha value is -0.0800. The smallest absolute Gasteiger partial charge is 0.0616 e. The topological polar surface area (TPSA) is 21.3 Å². The maximum atomic E-state index is 5.88. The zero-order valence-corrected chi connectivity index (χ0v) is 12.9. The average Bonchev–Trinajstić information content (AvgIpc) is 2.82. The van der Waals surface area contributed by atoms with E-state index in [1.807, 2.05) is 0 Å². The molecule has 18 heavy (non-hydrogen) atoms. The maximum absolute atomic E-state index is 5.88. The van der Waals surface area contributed by atoms with Crippen LogP contribution in [0.1, 0.15) is 66.2 Å². The van der Waals surface area contributed by atoms with E-state index < -0.39 is 0 Å². The second-order valence-electron chi connectivity index (χ2n) is 5.96. The van der Waals surface area contributed by atoms with Crippen molar-refractivity contribution in [1.82, 2.24) is 5.32 Å². The highest BCUT2D eigenvalue weighted by molar-refractivity contribution is 4.86. The van der Waals surface area contributed by atoms with Crippen molar-refractivity contribution >= 4 is 0 Å². The van der Waals surface area contributed by atoms with E-state index in [0.29, 0.717) is 12.1 Å². The Labute approximate surface area is 114 Å². The van der Waals surface area contributed by atoms with Gasteiger partial charge in [0, 0.05) is 18.6 Å². The van der Waals surface area contributed by atoms with Gasteiger partial charge in [-0.3, -0.25) is 0 Å². The lowest BCUT2D eigenvalue weighted by molar-refractivity contribution is 0.0744. The van der Waals surface area contributed by atoms with Crippen molar-refractivity contribution in [3.63, 3.8) is 0 Å². The minimum atomic E-state index is 0.494. The molecule has 0 radical (unpaired) electrons. The van der Waals surface area contributed by atoms with Gasteiger partial charge >= 0.3 is 0 Å². The molecule has 1 aliphatic rings. The van der Waals surface area contributed by atoms with Crippen molar-refractivity contribution in [2.45, 2.75) is 78.4 Å². The fourth-order valence-electron chi connectivity index (χ4n) is 3.33. The first-order chi connectivity index (χ1) is 8.72. The van der Waals surface area contributed by atoms with E-state index in [1.165, 1.54) is 32.1 Å². The van der Waals surface area contributed by atoms with E-state index in [9.17, 15) is 0 Å². The molecule has 108 valence electrons. The van der Waals surface area contributed by atoms with Gasteiger partial charge < -0.3 is 10.1 Å². The van der Waals surface area contributed by atoms with Crippen LogP contribution in [-0.4, -0.2) is 25.3 Å². The van der Waals surface area contributed by atoms with Gasteiger partial charge in [0.25, 0.3) is 0 Å². The number of nitrogens with one attached hydrogen (secondary N) is 1. The van der Waals surface area contributed by atoms with Crippen LogP contribution < -0.4 is 5.32 Å². The van der Waals surface area contributed by atoms with Crippen LogP contribution in [0, 0.1) is 11.8 Å². The second-order valence-corrected chi connectivity index (χ2v) is 5.96. The molecule has 1 N–H and O–H groups in total. The minimum absolute atomic E-state index is 0.494. The summed E-state index contributed by atoms with van der Waals surface area (Å²) in [7, 11) is 0. The lowest BCUT2D eigenvalue weighted by atomic mass is 9.84. The summed E-state index contributed by atoms with van der Waals surface area (Å²) in [5.74, 6) is 1.57. The number of ether oxygens (including phenoxy) is 1. The van der Waals surface area contributed by atoms with Gasteiger partial charge in [-0.1, -0.05) is 40.5 Å². The lowest BCUT2D eigenvalue weighted by Gasteiger charge is -2.30. The predicted molar refractivity (Wildman–Crippen MR) is 78.9 cm³/mol. The molecule has 0 amide bonds. The normalized spacial score (nSPS) is 27.3. The zero-order chi connectivity index (χ0) is 13.4. The van der Waals surface area contributed by atoms with Gasteiger partial charge in [0.15, 0.2) is 0 Å². The first kappa shape index (κ1) is 16.0. The van der Waals surface area contributed by atoms with Crippen molar-refractivity contribution in [3.05, 3.63) is 0 Å². The third-order valence-electron chi connectivity index (χ3n) is 4.27. The average molecular weight is 255 g/mol. The van der Waals surface area contributed by atoms with Crippen molar-refractivity contribution in [1.29, 1.82) is 0 Å². The Bertz CT molecular complexity index is 207. The molecule has 2 heteroatoms. The molecule has 4 atom stereocenters. The standard InChI is InChI=1S/C16H33NO/c1-5-8-13(4)12-15(17-10-6-2)14-9-11-18-16(14)7-3/h13-17H,5-12H2,1-4H3. The number of hydrogen-bond acceptors (Lipinski definition) is 2. The van der Waals surface area contributed by atoms with E-state index in [0.717, 1.165) is 31.4 Å². The molecule has 0 aromatic rings. The highest BCUT2D eigenvalue weighted by Gasteiger charge is 2.33. The van der Waals surface area contributed by atoms with Crippen LogP contribution in [0.4, 0.5) is 0 Å². The zero-order valence-electron chi connectivity index (χ0n) is 12.9. The highest BCUT2D eigenvalue weighted by atomic mass is 16.5. The fraction of sp³-hybridized carbons (Fsp3) is 1.00. The fourth-order valence-corrected chi connectivity index (χ4v) is 3.33. The Kier molecular flexibility index (Phi) is 7.92. The Morgan fingerprint density at radius 3 is 2.61 bits per heavy atom. The van der Waals surface area contributed by atoms with E-state index in [1.54, 1.807) is 0 Å². The number of hydrogen-bond donors (Lipinski definition) is 1. The highest BCUT2D eigenvalue weighted by Crippen LogP contribution is 2.30. The molecule has 1 heterocycles. The molecule has 0 spiro atoms. The Morgan fingerprint density at radius 2 is 2.00 bits per heavy atom. The molecule has 1 aliphatic heterocycles. The second kappa shape index (κ2) is 8.92. The molecule has 0 bridgehead atoms. The van der Waals surface area contributed by atoms with Gasteiger partial charge in [-0.05, 0) is 38.1 Å². The van der Waals surface area contributed by atoms with E-state index in [-0.39, 0.29) is 0 Å². The van der Waals surface area contributed by atoms with Crippen LogP contribution in [0.2, 0.25) is 0 Å². The van der Waals surface area contributed by atoms with Crippen LogP contribution >= 0.6 is 0 Å². The van der Waals surface area contributed by atoms with E-state index >= 15 is 0 Å². The summed E-state index contributed by atoms with van der Waals surface area (Å²) >= 11 is 0. The Morgan fingerprint density at radius 1 is 1.22 bits per heavy atom.